The zero-order chi connectivity index (χ0) is 27.5. The van der Waals surface area contributed by atoms with Gasteiger partial charge in [-0.3, -0.25) is 9.59 Å². The fraction of sp³-hybridized carbons (Fsp3) is 0.545. The number of amides is 2. The molecule has 37 heavy (non-hydrogen) atoms. The molecule has 0 aliphatic carbocycles. The van der Waals surface area contributed by atoms with E-state index in [0.29, 0.717) is 10.3 Å². The van der Waals surface area contributed by atoms with Crippen LogP contribution in [0.15, 0.2) is 8.42 Å². The van der Waals surface area contributed by atoms with Crippen molar-refractivity contribution in [1.29, 1.82) is 0 Å². The SMILES string of the molecule is CCN(CC)C(=S)SCC(=O)Nc1nc(C)c(Sc2sc(NC(=O)CSC(=S)N(CC)CC)nc2C)s1. The number of carbonyl (C=O) groups is 2. The first-order chi connectivity index (χ1) is 17.6. The summed E-state index contributed by atoms with van der Waals surface area (Å²) < 4.78 is 3.37. The summed E-state index contributed by atoms with van der Waals surface area (Å²) in [6.45, 7) is 15.3. The van der Waals surface area contributed by atoms with Crippen LogP contribution in [0, 0.1) is 13.8 Å². The second-order valence-electron chi connectivity index (χ2n) is 7.44. The van der Waals surface area contributed by atoms with Crippen molar-refractivity contribution in [2.24, 2.45) is 0 Å². The summed E-state index contributed by atoms with van der Waals surface area (Å²) in [6, 6.07) is 0. The highest BCUT2D eigenvalue weighted by Crippen LogP contribution is 2.42. The Morgan fingerprint density at radius 3 is 1.43 bits per heavy atom. The molecule has 2 aromatic rings. The van der Waals surface area contributed by atoms with Crippen LogP contribution < -0.4 is 10.6 Å². The number of aryl methyl sites for hydroxylation is 2. The van der Waals surface area contributed by atoms with E-state index in [1.807, 2.05) is 51.3 Å². The molecule has 0 fully saturated rings. The average Bonchev–Trinajstić information content (AvgIpc) is 3.38. The minimum Gasteiger partial charge on any atom is -0.358 e. The van der Waals surface area contributed by atoms with E-state index in [1.54, 1.807) is 0 Å². The lowest BCUT2D eigenvalue weighted by Gasteiger charge is -2.20. The van der Waals surface area contributed by atoms with Crippen LogP contribution in [0.4, 0.5) is 10.3 Å². The monoisotopic (exact) mass is 636 g/mol. The number of hydrogen-bond donors (Lipinski definition) is 2. The Labute approximate surface area is 250 Å². The second kappa shape index (κ2) is 16.2. The van der Waals surface area contributed by atoms with Gasteiger partial charge in [0.15, 0.2) is 10.3 Å². The third-order valence-corrected chi connectivity index (χ3v) is 11.6. The fourth-order valence-electron chi connectivity index (χ4n) is 2.86. The molecule has 0 spiro atoms. The van der Waals surface area contributed by atoms with Crippen LogP contribution in [-0.4, -0.2) is 77.9 Å². The lowest BCUT2D eigenvalue weighted by molar-refractivity contribution is -0.114. The molecule has 0 atom stereocenters. The Kier molecular flexibility index (Phi) is 14.1. The number of thioether (sulfide) groups is 2. The number of hydrogen-bond acceptors (Lipinski definition) is 11. The van der Waals surface area contributed by atoms with Gasteiger partial charge in [-0.1, -0.05) is 82.4 Å². The maximum absolute atomic E-state index is 12.4. The standard InChI is InChI=1S/C22H32N6O2S7/c1-7-27(8-2)21(31)33-11-15(29)25-19-23-13(5)17(36-19)35-18-14(6)24-20(37-18)26-16(30)12-34-22(32)28(9-3)10-4/h7-12H2,1-6H3,(H,23,25,29)(H,24,26,30). The van der Waals surface area contributed by atoms with Gasteiger partial charge in [-0.25, -0.2) is 9.97 Å². The molecule has 2 aromatic heterocycles. The zero-order valence-electron chi connectivity index (χ0n) is 21.7. The molecule has 2 rings (SSSR count). The number of aromatic nitrogens is 2. The number of rotatable bonds is 12. The van der Waals surface area contributed by atoms with Crippen molar-refractivity contribution in [1.82, 2.24) is 19.8 Å². The van der Waals surface area contributed by atoms with E-state index in [0.717, 1.165) is 54.6 Å². The van der Waals surface area contributed by atoms with Crippen molar-refractivity contribution in [3.8, 4) is 0 Å². The molecule has 204 valence electrons. The number of nitrogens with one attached hydrogen (secondary N) is 2. The predicted octanol–water partition coefficient (Wildman–Crippen LogP) is 5.96. The van der Waals surface area contributed by atoms with Gasteiger partial charge in [0.05, 0.1) is 31.3 Å². The quantitative estimate of drug-likeness (QED) is 0.270. The van der Waals surface area contributed by atoms with Gasteiger partial charge in [0.2, 0.25) is 11.8 Å². The highest BCUT2D eigenvalue weighted by atomic mass is 32.2. The molecular formula is C22H32N6O2S7. The van der Waals surface area contributed by atoms with Gasteiger partial charge in [-0.15, -0.1) is 0 Å². The van der Waals surface area contributed by atoms with Crippen LogP contribution in [0.3, 0.4) is 0 Å². The smallest absolute Gasteiger partial charge is 0.236 e. The molecule has 0 saturated heterocycles. The zero-order valence-corrected chi connectivity index (χ0v) is 27.4. The molecule has 2 amide bonds. The first-order valence-corrected chi connectivity index (χ1v) is 16.9. The molecule has 0 bridgehead atoms. The lowest BCUT2D eigenvalue weighted by Crippen LogP contribution is -2.28. The first-order valence-electron chi connectivity index (χ1n) is 11.7. The normalized spacial score (nSPS) is 10.8. The Morgan fingerprint density at radius 1 is 0.757 bits per heavy atom. The van der Waals surface area contributed by atoms with Crippen molar-refractivity contribution < 1.29 is 9.59 Å². The highest BCUT2D eigenvalue weighted by molar-refractivity contribution is 8.23. The number of nitrogens with zero attached hydrogens (tertiary/aromatic N) is 4. The molecule has 0 aliphatic heterocycles. The molecule has 2 heterocycles. The van der Waals surface area contributed by atoms with E-state index < -0.39 is 0 Å². The maximum Gasteiger partial charge on any atom is 0.236 e. The molecule has 0 radical (unpaired) electrons. The Balaban J connectivity index is 1.92. The van der Waals surface area contributed by atoms with E-state index in [9.17, 15) is 9.59 Å². The average molecular weight is 637 g/mol. The van der Waals surface area contributed by atoms with Crippen molar-refractivity contribution in [2.75, 3.05) is 48.3 Å². The number of carbonyl (C=O) groups excluding carboxylic acids is 2. The summed E-state index contributed by atoms with van der Waals surface area (Å²) in [5.74, 6) is 0.209. The van der Waals surface area contributed by atoms with E-state index in [4.69, 9.17) is 24.4 Å². The summed E-state index contributed by atoms with van der Waals surface area (Å²) >= 11 is 17.9. The van der Waals surface area contributed by atoms with Crippen LogP contribution in [0.2, 0.25) is 0 Å². The molecule has 0 aromatic carbocycles. The van der Waals surface area contributed by atoms with Gasteiger partial charge < -0.3 is 20.4 Å². The number of anilines is 2. The third-order valence-electron chi connectivity index (χ3n) is 4.88. The van der Waals surface area contributed by atoms with Crippen molar-refractivity contribution in [3.05, 3.63) is 11.4 Å². The predicted molar refractivity (Wildman–Crippen MR) is 171 cm³/mol. The van der Waals surface area contributed by atoms with E-state index in [-0.39, 0.29) is 23.3 Å². The van der Waals surface area contributed by atoms with Crippen LogP contribution in [-0.2, 0) is 9.59 Å². The van der Waals surface area contributed by atoms with E-state index in [1.165, 1.54) is 58.0 Å². The second-order valence-corrected chi connectivity index (χ2v) is 14.2. The maximum atomic E-state index is 12.4. The lowest BCUT2D eigenvalue weighted by atomic mass is 10.6. The summed E-state index contributed by atoms with van der Waals surface area (Å²) in [5, 5.41) is 6.85. The summed E-state index contributed by atoms with van der Waals surface area (Å²) in [4.78, 5) is 37.9. The summed E-state index contributed by atoms with van der Waals surface area (Å²) in [7, 11) is 0. The van der Waals surface area contributed by atoms with Crippen LogP contribution >= 0.6 is 82.4 Å². The first kappa shape index (κ1) is 32.2. The minimum absolute atomic E-state index is 0.137. The van der Waals surface area contributed by atoms with Crippen molar-refractivity contribution in [3.63, 3.8) is 0 Å². The Bertz CT molecular complexity index is 1010. The third kappa shape index (κ3) is 10.3. The van der Waals surface area contributed by atoms with Crippen molar-refractivity contribution >= 4 is 113 Å². The van der Waals surface area contributed by atoms with Crippen LogP contribution in [0.5, 0.6) is 0 Å². The van der Waals surface area contributed by atoms with E-state index >= 15 is 0 Å². The summed E-state index contributed by atoms with van der Waals surface area (Å²) in [5.41, 5.74) is 1.66. The molecule has 8 nitrogen and oxygen atoms in total. The van der Waals surface area contributed by atoms with Gasteiger partial charge in [0.25, 0.3) is 0 Å². The minimum atomic E-state index is -0.137. The number of thiazole rings is 2. The largest absolute Gasteiger partial charge is 0.358 e. The molecule has 2 N–H and O–H groups in total. The van der Waals surface area contributed by atoms with Crippen LogP contribution in [0.1, 0.15) is 39.1 Å². The van der Waals surface area contributed by atoms with Crippen LogP contribution in [0.25, 0.3) is 0 Å². The Hall–Kier alpha value is -0.970. The Morgan fingerprint density at radius 2 is 1.11 bits per heavy atom. The topological polar surface area (TPSA) is 90.5 Å². The summed E-state index contributed by atoms with van der Waals surface area (Å²) in [6.07, 6.45) is 0. The molecule has 0 saturated carbocycles. The fourth-order valence-corrected chi connectivity index (χ4v) is 8.71. The highest BCUT2D eigenvalue weighted by Gasteiger charge is 2.18. The van der Waals surface area contributed by atoms with Gasteiger partial charge in [0, 0.05) is 26.2 Å². The molecule has 15 heteroatoms. The van der Waals surface area contributed by atoms with Gasteiger partial charge in [0.1, 0.15) is 8.64 Å². The van der Waals surface area contributed by atoms with Gasteiger partial charge in [-0.05, 0) is 41.5 Å². The molecule has 0 unspecified atom stereocenters. The van der Waals surface area contributed by atoms with E-state index in [2.05, 4.69) is 20.6 Å². The van der Waals surface area contributed by atoms with Crippen molar-refractivity contribution in [2.45, 2.75) is 50.0 Å². The number of thiocarbonyl (C=S) groups is 2. The van der Waals surface area contributed by atoms with Gasteiger partial charge >= 0.3 is 0 Å². The molecular weight excluding hydrogens is 605 g/mol. The molecule has 0 aliphatic rings. The van der Waals surface area contributed by atoms with Gasteiger partial charge in [-0.2, -0.15) is 0 Å².